The summed E-state index contributed by atoms with van der Waals surface area (Å²) in [7, 11) is 0. The van der Waals surface area contributed by atoms with Crippen LogP contribution in [-0.2, 0) is 9.47 Å². The van der Waals surface area contributed by atoms with Crippen molar-refractivity contribution >= 4 is 6.09 Å². The number of ether oxygens (including phenoxy) is 2. The van der Waals surface area contributed by atoms with Gasteiger partial charge in [-0.05, 0) is 46.5 Å². The van der Waals surface area contributed by atoms with Gasteiger partial charge in [0.15, 0.2) is 0 Å². The minimum Gasteiger partial charge on any atom is -0.444 e. The van der Waals surface area contributed by atoms with E-state index in [0.717, 1.165) is 12.8 Å². The number of morpholine rings is 1. The monoisotopic (exact) mass is 331 g/mol. The van der Waals surface area contributed by atoms with Crippen LogP contribution in [-0.4, -0.2) is 59.3 Å². The second-order valence-electron chi connectivity index (χ2n) is 7.86. The third-order valence-corrected chi connectivity index (χ3v) is 4.52. The maximum Gasteiger partial charge on any atom is 0.410 e. The molecule has 2 aliphatic rings. The van der Waals surface area contributed by atoms with Crippen molar-refractivity contribution in [2.75, 3.05) is 19.9 Å². The average Bonchev–Trinajstić information content (AvgIpc) is 2.40. The fourth-order valence-electron chi connectivity index (χ4n) is 3.62. The predicted molar refractivity (Wildman–Crippen MR) is 85.1 cm³/mol. The van der Waals surface area contributed by atoms with E-state index < -0.39 is 11.2 Å². The van der Waals surface area contributed by atoms with Crippen molar-refractivity contribution in [2.45, 2.75) is 82.6 Å². The molecule has 2 atom stereocenters. The molecule has 0 radical (unpaired) electrons. The number of fused-ring (bicyclic) bond motifs is 2. The van der Waals surface area contributed by atoms with E-state index in [0.29, 0.717) is 38.9 Å². The number of aliphatic hydroxyl groups is 1. The largest absolute Gasteiger partial charge is 0.444 e. The first-order valence-electron chi connectivity index (χ1n) is 8.61. The summed E-state index contributed by atoms with van der Waals surface area (Å²) in [6.45, 7) is 6.11. The number of halogens is 1. The van der Waals surface area contributed by atoms with Crippen molar-refractivity contribution in [1.82, 2.24) is 4.90 Å². The van der Waals surface area contributed by atoms with Crippen molar-refractivity contribution in [2.24, 2.45) is 0 Å². The van der Waals surface area contributed by atoms with Crippen LogP contribution in [0.2, 0.25) is 0 Å². The molecule has 0 aromatic rings. The van der Waals surface area contributed by atoms with Crippen LogP contribution in [0.15, 0.2) is 0 Å². The van der Waals surface area contributed by atoms with Gasteiger partial charge in [0.1, 0.15) is 5.60 Å². The molecule has 1 amide bonds. The van der Waals surface area contributed by atoms with Crippen molar-refractivity contribution < 1.29 is 23.8 Å². The number of amides is 1. The van der Waals surface area contributed by atoms with Gasteiger partial charge in [0.05, 0.1) is 37.6 Å². The highest BCUT2D eigenvalue weighted by molar-refractivity contribution is 5.69. The molecule has 2 rings (SSSR count). The molecule has 2 heterocycles. The lowest BCUT2D eigenvalue weighted by molar-refractivity contribution is -0.140. The summed E-state index contributed by atoms with van der Waals surface area (Å²) >= 11 is 0. The molecule has 6 heteroatoms. The zero-order valence-corrected chi connectivity index (χ0v) is 14.5. The molecule has 0 spiro atoms. The molecular weight excluding hydrogens is 301 g/mol. The van der Waals surface area contributed by atoms with E-state index in [1.54, 1.807) is 4.90 Å². The van der Waals surface area contributed by atoms with Crippen LogP contribution in [0, 0.1) is 0 Å². The summed E-state index contributed by atoms with van der Waals surface area (Å²) in [6.07, 6.45) is 3.48. The first-order valence-corrected chi connectivity index (χ1v) is 8.61. The number of unbranched alkanes of at least 4 members (excludes halogenated alkanes) is 2. The summed E-state index contributed by atoms with van der Waals surface area (Å²) in [4.78, 5) is 14.2. The lowest BCUT2D eigenvalue weighted by Crippen LogP contribution is -2.64. The van der Waals surface area contributed by atoms with E-state index in [1.165, 1.54) is 0 Å². The molecule has 0 aromatic heterocycles. The smallest absolute Gasteiger partial charge is 0.410 e. The minimum atomic E-state index is -0.784. The summed E-state index contributed by atoms with van der Waals surface area (Å²) in [5.74, 6) is 0. The Kier molecular flexibility index (Phi) is 5.89. The number of hydrogen-bond donors (Lipinski definition) is 1. The predicted octanol–water partition coefficient (Wildman–Crippen LogP) is 3.05. The standard InChI is InChI=1S/C17H30FNO4/c1-16(2,3)23-15(20)19-13-9-17(21,7-5-4-6-8-18)10-14(19)12-22-11-13/h13-14,21H,4-12H2,1-3H3. The minimum absolute atomic E-state index is 0.150. The van der Waals surface area contributed by atoms with E-state index in [4.69, 9.17) is 9.47 Å². The molecule has 2 saturated heterocycles. The van der Waals surface area contributed by atoms with E-state index in [-0.39, 0.29) is 24.9 Å². The first-order chi connectivity index (χ1) is 10.7. The molecule has 0 aliphatic carbocycles. The SMILES string of the molecule is CC(C)(C)OC(=O)N1C2COCC1CC(O)(CCCCCF)C2. The van der Waals surface area contributed by atoms with Crippen LogP contribution in [0.1, 0.15) is 59.3 Å². The lowest BCUT2D eigenvalue weighted by Gasteiger charge is -2.51. The molecule has 134 valence electrons. The van der Waals surface area contributed by atoms with E-state index in [1.807, 2.05) is 20.8 Å². The zero-order chi connectivity index (χ0) is 17.1. The third-order valence-electron chi connectivity index (χ3n) is 4.52. The van der Waals surface area contributed by atoms with Gasteiger partial charge in [-0.2, -0.15) is 0 Å². The Hall–Kier alpha value is -0.880. The number of nitrogens with zero attached hydrogens (tertiary/aromatic N) is 1. The Bertz CT molecular complexity index is 396. The normalized spacial score (nSPS) is 31.1. The molecular formula is C17H30FNO4. The average molecular weight is 331 g/mol. The maximum atomic E-state index is 12.5. The fourth-order valence-corrected chi connectivity index (χ4v) is 3.62. The maximum absolute atomic E-state index is 12.5. The van der Waals surface area contributed by atoms with Gasteiger partial charge in [-0.25, -0.2) is 4.79 Å². The van der Waals surface area contributed by atoms with Crippen LogP contribution in [0.5, 0.6) is 0 Å². The van der Waals surface area contributed by atoms with Crippen molar-refractivity contribution in [1.29, 1.82) is 0 Å². The number of carbonyl (C=O) groups excluding carboxylic acids is 1. The van der Waals surface area contributed by atoms with Crippen molar-refractivity contribution in [3.05, 3.63) is 0 Å². The van der Waals surface area contributed by atoms with Gasteiger partial charge in [0, 0.05) is 0 Å². The number of rotatable bonds is 5. The van der Waals surface area contributed by atoms with E-state index >= 15 is 0 Å². The second-order valence-corrected chi connectivity index (χ2v) is 7.86. The van der Waals surface area contributed by atoms with Gasteiger partial charge in [0.25, 0.3) is 0 Å². The quantitative estimate of drug-likeness (QED) is 0.787. The highest BCUT2D eigenvalue weighted by Crippen LogP contribution is 2.38. The second kappa shape index (κ2) is 7.34. The van der Waals surface area contributed by atoms with Gasteiger partial charge in [-0.1, -0.05) is 12.8 Å². The molecule has 2 fully saturated rings. The molecule has 0 saturated carbocycles. The van der Waals surface area contributed by atoms with Gasteiger partial charge >= 0.3 is 6.09 Å². The number of carbonyl (C=O) groups is 1. The molecule has 1 N–H and O–H groups in total. The third kappa shape index (κ3) is 5.05. The Balaban J connectivity index is 1.98. The van der Waals surface area contributed by atoms with Crippen molar-refractivity contribution in [3.8, 4) is 0 Å². The van der Waals surface area contributed by atoms with Crippen LogP contribution >= 0.6 is 0 Å². The highest BCUT2D eigenvalue weighted by atomic mass is 19.1. The van der Waals surface area contributed by atoms with Crippen molar-refractivity contribution in [3.63, 3.8) is 0 Å². The van der Waals surface area contributed by atoms with Crippen LogP contribution in [0.3, 0.4) is 0 Å². The number of piperidine rings is 1. The van der Waals surface area contributed by atoms with Crippen LogP contribution in [0.4, 0.5) is 9.18 Å². The molecule has 2 bridgehead atoms. The topological polar surface area (TPSA) is 59.0 Å². The number of hydrogen-bond acceptors (Lipinski definition) is 4. The Morgan fingerprint density at radius 3 is 2.39 bits per heavy atom. The van der Waals surface area contributed by atoms with Gasteiger partial charge < -0.3 is 14.6 Å². The Labute approximate surface area is 138 Å². The summed E-state index contributed by atoms with van der Waals surface area (Å²) in [6, 6.07) is -0.299. The highest BCUT2D eigenvalue weighted by Gasteiger charge is 2.48. The lowest BCUT2D eigenvalue weighted by atomic mass is 9.78. The fraction of sp³-hybridized carbons (Fsp3) is 0.941. The summed E-state index contributed by atoms with van der Waals surface area (Å²) in [5.41, 5.74) is -1.32. The van der Waals surface area contributed by atoms with Gasteiger partial charge in [-0.3, -0.25) is 9.29 Å². The first kappa shape index (κ1) is 18.5. The molecule has 2 aliphatic heterocycles. The van der Waals surface area contributed by atoms with Crippen LogP contribution < -0.4 is 0 Å². The van der Waals surface area contributed by atoms with Gasteiger partial charge in [-0.15, -0.1) is 0 Å². The van der Waals surface area contributed by atoms with Crippen LogP contribution in [0.25, 0.3) is 0 Å². The zero-order valence-electron chi connectivity index (χ0n) is 14.5. The molecule has 2 unspecified atom stereocenters. The molecule has 0 aromatic carbocycles. The molecule has 23 heavy (non-hydrogen) atoms. The number of alkyl halides is 1. The summed E-state index contributed by atoms with van der Waals surface area (Å²) in [5, 5.41) is 10.9. The van der Waals surface area contributed by atoms with Gasteiger partial charge in [0.2, 0.25) is 0 Å². The van der Waals surface area contributed by atoms with E-state index in [2.05, 4.69) is 0 Å². The Morgan fingerprint density at radius 2 is 1.87 bits per heavy atom. The molecule has 5 nitrogen and oxygen atoms in total. The Morgan fingerprint density at radius 1 is 1.26 bits per heavy atom. The summed E-state index contributed by atoms with van der Waals surface area (Å²) < 4.78 is 23.3. The van der Waals surface area contributed by atoms with E-state index in [9.17, 15) is 14.3 Å².